The first-order valence-corrected chi connectivity index (χ1v) is 2.98. The average molecular weight is 184 g/mol. The summed E-state index contributed by atoms with van der Waals surface area (Å²) < 4.78 is 0. The van der Waals surface area contributed by atoms with Gasteiger partial charge in [-0.25, -0.2) is 4.79 Å². The van der Waals surface area contributed by atoms with Gasteiger partial charge in [-0.15, -0.1) is 0 Å². The molecule has 0 aliphatic carbocycles. The number of hydrogen-bond donors (Lipinski definition) is 1. The number of aliphatic carboxylic acids is 2. The van der Waals surface area contributed by atoms with Crippen LogP contribution in [0.3, 0.4) is 0 Å². The van der Waals surface area contributed by atoms with Gasteiger partial charge in [0.25, 0.3) is 0 Å². The fourth-order valence-corrected chi connectivity index (χ4v) is 0.390. The second-order valence-corrected chi connectivity index (χ2v) is 1.87. The maximum Gasteiger partial charge on any atom is 0.328 e. The molecule has 0 atom stereocenters. The first-order chi connectivity index (χ1) is 5.93. The number of hydrogen-bond acceptors (Lipinski definition) is 5. The minimum Gasteiger partial charge on any atom is -0.871 e. The molecule has 0 radical (unpaired) electrons. The molecule has 13 heavy (non-hydrogen) atoms. The summed E-state index contributed by atoms with van der Waals surface area (Å²) in [4.78, 5) is 30.2. The Morgan fingerprint density at radius 1 is 1.08 bits per heavy atom. The number of carboxylic acid groups (broad SMARTS) is 2. The Balaban J connectivity index is 4.39. The van der Waals surface area contributed by atoms with Gasteiger partial charge in [0.1, 0.15) is 0 Å². The van der Waals surface area contributed by atoms with E-state index in [0.29, 0.717) is 12.2 Å². The number of ketones is 1. The van der Waals surface area contributed by atoms with E-state index >= 15 is 0 Å². The van der Waals surface area contributed by atoms with Crippen LogP contribution in [0.25, 0.3) is 0 Å². The molecule has 6 heteroatoms. The molecule has 70 valence electrons. The van der Waals surface area contributed by atoms with Gasteiger partial charge in [0.15, 0.2) is 5.78 Å². The van der Waals surface area contributed by atoms with Crippen LogP contribution < -0.4 is 10.2 Å². The first-order valence-electron chi connectivity index (χ1n) is 2.98. The normalized spacial score (nSPS) is 11.5. The lowest BCUT2D eigenvalue weighted by Gasteiger charge is -2.10. The maximum atomic E-state index is 10.5. The minimum atomic E-state index is -2.02. The Labute approximate surface area is 72.4 Å². The fraction of sp³-hybridized carbons (Fsp3) is 0. The molecule has 0 amide bonds. The van der Waals surface area contributed by atoms with Crippen molar-refractivity contribution in [2.75, 3.05) is 0 Å². The lowest BCUT2D eigenvalue weighted by molar-refractivity contribution is -0.353. The zero-order valence-corrected chi connectivity index (χ0v) is 6.22. The summed E-state index contributed by atoms with van der Waals surface area (Å²) >= 11 is 0. The number of allylic oxidation sites excluding steroid dienone is 2. The second-order valence-electron chi connectivity index (χ2n) is 1.87. The summed E-state index contributed by atoms with van der Waals surface area (Å²) in [6, 6.07) is 0. The van der Waals surface area contributed by atoms with Crippen LogP contribution in [-0.4, -0.2) is 22.8 Å². The van der Waals surface area contributed by atoms with Crippen molar-refractivity contribution in [3.05, 3.63) is 24.0 Å². The highest BCUT2D eigenvalue weighted by atomic mass is 16.4. The van der Waals surface area contributed by atoms with E-state index in [-0.39, 0.29) is 6.08 Å². The van der Waals surface area contributed by atoms with Crippen molar-refractivity contribution < 1.29 is 29.7 Å². The van der Waals surface area contributed by atoms with Crippen molar-refractivity contribution in [3.63, 3.8) is 0 Å². The van der Waals surface area contributed by atoms with Crippen molar-refractivity contribution in [3.8, 4) is 0 Å². The van der Waals surface area contributed by atoms with Crippen molar-refractivity contribution in [2.45, 2.75) is 0 Å². The van der Waals surface area contributed by atoms with E-state index < -0.39 is 23.5 Å². The number of rotatable bonds is 4. The summed E-state index contributed by atoms with van der Waals surface area (Å²) in [5.41, 5.74) is 0. The molecular formula is C7H4O6-2. The Bertz CT molecular complexity index is 298. The highest BCUT2D eigenvalue weighted by Gasteiger charge is 1.92. The summed E-state index contributed by atoms with van der Waals surface area (Å²) in [6.45, 7) is 0. The average Bonchev–Trinajstić information content (AvgIpc) is 2.00. The maximum absolute atomic E-state index is 10.5. The third kappa shape index (κ3) is 5.19. The zero-order valence-electron chi connectivity index (χ0n) is 6.22. The van der Waals surface area contributed by atoms with Gasteiger partial charge in [0.05, 0.1) is 5.97 Å². The quantitative estimate of drug-likeness (QED) is 0.372. The van der Waals surface area contributed by atoms with Crippen LogP contribution in [-0.2, 0) is 14.4 Å². The van der Waals surface area contributed by atoms with Crippen LogP contribution in [0, 0.1) is 0 Å². The first kappa shape index (κ1) is 10.9. The van der Waals surface area contributed by atoms with Crippen LogP contribution in [0.15, 0.2) is 24.0 Å². The summed E-state index contributed by atoms with van der Waals surface area (Å²) in [7, 11) is 0. The molecule has 0 spiro atoms. The van der Waals surface area contributed by atoms with Crippen LogP contribution in [0.5, 0.6) is 0 Å². The number of carbonyl (C=O) groups is 3. The van der Waals surface area contributed by atoms with Crippen LogP contribution >= 0.6 is 0 Å². The molecule has 0 aromatic carbocycles. The molecule has 0 aliphatic rings. The van der Waals surface area contributed by atoms with Crippen LogP contribution in [0.2, 0.25) is 0 Å². The zero-order chi connectivity index (χ0) is 10.4. The van der Waals surface area contributed by atoms with Crippen molar-refractivity contribution >= 4 is 17.7 Å². The molecule has 0 saturated heterocycles. The van der Waals surface area contributed by atoms with E-state index in [1.165, 1.54) is 0 Å². The molecule has 0 aromatic heterocycles. The molecule has 0 saturated carbocycles. The van der Waals surface area contributed by atoms with Gasteiger partial charge in [0.2, 0.25) is 0 Å². The Hall–Kier alpha value is -2.11. The predicted molar refractivity (Wildman–Crippen MR) is 34.9 cm³/mol. The number of carbonyl (C=O) groups excluding carboxylic acids is 2. The van der Waals surface area contributed by atoms with Crippen molar-refractivity contribution in [1.29, 1.82) is 0 Å². The lowest BCUT2D eigenvalue weighted by Crippen LogP contribution is -2.31. The largest absolute Gasteiger partial charge is 0.871 e. The molecule has 0 heterocycles. The van der Waals surface area contributed by atoms with Crippen molar-refractivity contribution in [1.82, 2.24) is 0 Å². The van der Waals surface area contributed by atoms with Crippen LogP contribution in [0.4, 0.5) is 0 Å². The topological polar surface area (TPSA) is 118 Å². The fourth-order valence-electron chi connectivity index (χ4n) is 0.390. The lowest BCUT2D eigenvalue weighted by atomic mass is 10.3. The van der Waals surface area contributed by atoms with E-state index in [0.717, 1.165) is 0 Å². The second kappa shape index (κ2) is 4.70. The van der Waals surface area contributed by atoms with Gasteiger partial charge in [0, 0.05) is 6.08 Å². The summed E-state index contributed by atoms with van der Waals surface area (Å²) in [6.07, 6.45) is 1.28. The Morgan fingerprint density at radius 2 is 1.62 bits per heavy atom. The van der Waals surface area contributed by atoms with E-state index in [9.17, 15) is 24.6 Å². The molecule has 0 aliphatic heterocycles. The third-order valence-electron chi connectivity index (χ3n) is 0.865. The summed E-state index contributed by atoms with van der Waals surface area (Å²) in [5.74, 6) is -5.91. The van der Waals surface area contributed by atoms with E-state index in [2.05, 4.69) is 0 Å². The highest BCUT2D eigenvalue weighted by Crippen LogP contribution is 1.85. The Morgan fingerprint density at radius 3 is 2.00 bits per heavy atom. The third-order valence-corrected chi connectivity index (χ3v) is 0.865. The Kier molecular flexibility index (Phi) is 3.94. The monoisotopic (exact) mass is 184 g/mol. The molecule has 0 unspecified atom stereocenters. The molecule has 0 aromatic rings. The molecule has 0 fully saturated rings. The van der Waals surface area contributed by atoms with Gasteiger partial charge in [-0.05, 0) is 12.2 Å². The van der Waals surface area contributed by atoms with E-state index in [1.807, 2.05) is 0 Å². The molecule has 6 nitrogen and oxygen atoms in total. The predicted octanol–water partition coefficient (Wildman–Crippen LogP) is -2.81. The van der Waals surface area contributed by atoms with E-state index in [1.54, 1.807) is 0 Å². The SMILES string of the molecule is O=C(O)/C=C/C(=O)C=C([O-])C(=O)[O-]. The van der Waals surface area contributed by atoms with Gasteiger partial charge >= 0.3 is 5.97 Å². The molecule has 0 bridgehead atoms. The number of carboxylic acids is 2. The minimum absolute atomic E-state index is 0.231. The van der Waals surface area contributed by atoms with Gasteiger partial charge in [-0.1, -0.05) is 5.76 Å². The standard InChI is InChI=1S/C7H6O6/c8-4(1-2-6(10)11)3-5(9)7(12)13/h1-3,9H,(H,10,11)(H,12,13)/p-2/b2-1+,5-3?. The van der Waals surface area contributed by atoms with Crippen molar-refractivity contribution in [2.24, 2.45) is 0 Å². The smallest absolute Gasteiger partial charge is 0.328 e. The molecular weight excluding hydrogens is 180 g/mol. The van der Waals surface area contributed by atoms with E-state index in [4.69, 9.17) is 5.11 Å². The van der Waals surface area contributed by atoms with Crippen LogP contribution in [0.1, 0.15) is 0 Å². The van der Waals surface area contributed by atoms with Gasteiger partial charge in [-0.3, -0.25) is 4.79 Å². The summed E-state index contributed by atoms with van der Waals surface area (Å²) in [5, 5.41) is 28.1. The molecule has 1 N–H and O–H groups in total. The highest BCUT2D eigenvalue weighted by molar-refractivity contribution is 6.05. The van der Waals surface area contributed by atoms with Gasteiger partial charge < -0.3 is 20.1 Å². The van der Waals surface area contributed by atoms with Gasteiger partial charge in [-0.2, -0.15) is 0 Å². The molecule has 0 rings (SSSR count).